The Hall–Kier alpha value is -2.15. The van der Waals surface area contributed by atoms with Crippen molar-refractivity contribution in [2.45, 2.75) is 12.8 Å². The molecule has 0 aromatic heterocycles. The number of aliphatic hydroxyl groups is 1. The molecule has 1 aromatic carbocycles. The van der Waals surface area contributed by atoms with Crippen molar-refractivity contribution in [2.75, 3.05) is 26.8 Å². The Labute approximate surface area is 122 Å². The van der Waals surface area contributed by atoms with Gasteiger partial charge in [-0.2, -0.15) is 0 Å². The molecule has 1 atom stereocenters. The topological polar surface area (TPSA) is 92.9 Å². The second kappa shape index (κ2) is 6.53. The van der Waals surface area contributed by atoms with E-state index in [0.717, 1.165) is 12.8 Å². The van der Waals surface area contributed by atoms with Crippen LogP contribution in [-0.2, 0) is 0 Å². The van der Waals surface area contributed by atoms with Crippen molar-refractivity contribution in [3.05, 3.63) is 33.9 Å². The number of aliphatic hydroxyl groups excluding tert-OH is 1. The molecule has 0 bridgehead atoms. The molecule has 2 rings (SSSR count). The van der Waals surface area contributed by atoms with Gasteiger partial charge in [0.2, 0.25) is 0 Å². The fraction of sp³-hybridized carbons (Fsp3) is 0.500. The third-order valence-electron chi connectivity index (χ3n) is 3.70. The van der Waals surface area contributed by atoms with E-state index in [9.17, 15) is 20.0 Å². The maximum absolute atomic E-state index is 12.6. The van der Waals surface area contributed by atoms with Crippen molar-refractivity contribution < 1.29 is 19.6 Å². The van der Waals surface area contributed by atoms with Crippen LogP contribution in [0.5, 0.6) is 5.75 Å². The van der Waals surface area contributed by atoms with Gasteiger partial charge in [-0.3, -0.25) is 14.9 Å². The van der Waals surface area contributed by atoms with Gasteiger partial charge >= 0.3 is 0 Å². The molecular weight excluding hydrogens is 276 g/mol. The van der Waals surface area contributed by atoms with Gasteiger partial charge in [-0.1, -0.05) is 6.07 Å². The first-order valence-corrected chi connectivity index (χ1v) is 6.80. The highest BCUT2D eigenvalue weighted by atomic mass is 16.6. The number of carbonyl (C=O) groups excluding carboxylic acids is 1. The van der Waals surface area contributed by atoms with Crippen molar-refractivity contribution in [1.29, 1.82) is 0 Å². The van der Waals surface area contributed by atoms with Gasteiger partial charge in [0.15, 0.2) is 5.56 Å². The normalized spacial score (nSPS) is 18.4. The van der Waals surface area contributed by atoms with E-state index in [-0.39, 0.29) is 29.5 Å². The number of rotatable bonds is 4. The van der Waals surface area contributed by atoms with Gasteiger partial charge in [0.05, 0.1) is 12.0 Å². The molecule has 1 aliphatic rings. The minimum atomic E-state index is -0.580. The number of likely N-dealkylation sites (tertiary alicyclic amines) is 1. The van der Waals surface area contributed by atoms with Crippen molar-refractivity contribution in [1.82, 2.24) is 4.90 Å². The highest BCUT2D eigenvalue weighted by molar-refractivity contribution is 6.01. The summed E-state index contributed by atoms with van der Waals surface area (Å²) in [5.74, 6) is -0.200. The monoisotopic (exact) mass is 294 g/mol. The molecule has 1 fully saturated rings. The molecule has 7 heteroatoms. The SMILES string of the molecule is COc1cccc([N+](=O)[O-])c1C(=O)N1CCCC(CO)C1. The van der Waals surface area contributed by atoms with E-state index >= 15 is 0 Å². The molecule has 1 N–H and O–H groups in total. The lowest BCUT2D eigenvalue weighted by Crippen LogP contribution is -2.41. The van der Waals surface area contributed by atoms with E-state index in [4.69, 9.17) is 4.74 Å². The maximum Gasteiger partial charge on any atom is 0.285 e. The zero-order valence-electron chi connectivity index (χ0n) is 11.8. The first-order valence-electron chi connectivity index (χ1n) is 6.80. The quantitative estimate of drug-likeness (QED) is 0.670. The summed E-state index contributed by atoms with van der Waals surface area (Å²) >= 11 is 0. The molecule has 0 spiro atoms. The summed E-state index contributed by atoms with van der Waals surface area (Å²) in [4.78, 5) is 24.7. The van der Waals surface area contributed by atoms with Crippen LogP contribution in [0.2, 0.25) is 0 Å². The van der Waals surface area contributed by atoms with E-state index in [1.54, 1.807) is 4.90 Å². The average molecular weight is 294 g/mol. The number of hydrogen-bond acceptors (Lipinski definition) is 5. The van der Waals surface area contributed by atoms with Crippen molar-refractivity contribution in [2.24, 2.45) is 5.92 Å². The van der Waals surface area contributed by atoms with Crippen LogP contribution in [0.25, 0.3) is 0 Å². The fourth-order valence-corrected chi connectivity index (χ4v) is 2.61. The number of amides is 1. The molecular formula is C14H18N2O5. The number of nitro benzene ring substituents is 1. The van der Waals surface area contributed by atoms with Gasteiger partial charge in [-0.05, 0) is 24.8 Å². The molecule has 7 nitrogen and oxygen atoms in total. The minimum absolute atomic E-state index is 0.0117. The molecule has 1 amide bonds. The van der Waals surface area contributed by atoms with Crippen molar-refractivity contribution in [3.63, 3.8) is 0 Å². The Morgan fingerprint density at radius 2 is 2.33 bits per heavy atom. The van der Waals surface area contributed by atoms with Crippen LogP contribution in [-0.4, -0.2) is 47.6 Å². The lowest BCUT2D eigenvalue weighted by atomic mass is 9.98. The summed E-state index contributed by atoms with van der Waals surface area (Å²) in [5, 5.41) is 20.4. The number of benzene rings is 1. The molecule has 1 aromatic rings. The molecule has 0 aliphatic carbocycles. The first-order chi connectivity index (χ1) is 10.1. The van der Waals surface area contributed by atoms with Gasteiger partial charge in [-0.15, -0.1) is 0 Å². The molecule has 21 heavy (non-hydrogen) atoms. The highest BCUT2D eigenvalue weighted by Gasteiger charge is 2.31. The van der Waals surface area contributed by atoms with Gasteiger partial charge < -0.3 is 14.7 Å². The van der Waals surface area contributed by atoms with Crippen LogP contribution in [0.4, 0.5) is 5.69 Å². The van der Waals surface area contributed by atoms with Crippen LogP contribution in [0.1, 0.15) is 23.2 Å². The van der Waals surface area contributed by atoms with Crippen LogP contribution >= 0.6 is 0 Å². The number of piperidine rings is 1. The Balaban J connectivity index is 2.35. The van der Waals surface area contributed by atoms with E-state index in [1.807, 2.05) is 0 Å². The lowest BCUT2D eigenvalue weighted by molar-refractivity contribution is -0.385. The van der Waals surface area contributed by atoms with Crippen molar-refractivity contribution >= 4 is 11.6 Å². The van der Waals surface area contributed by atoms with Gasteiger partial charge in [0.25, 0.3) is 11.6 Å². The van der Waals surface area contributed by atoms with Crippen molar-refractivity contribution in [3.8, 4) is 5.75 Å². The number of nitro groups is 1. The van der Waals surface area contributed by atoms with Gasteiger partial charge in [-0.25, -0.2) is 0 Å². The van der Waals surface area contributed by atoms with E-state index in [1.165, 1.54) is 25.3 Å². The largest absolute Gasteiger partial charge is 0.496 e. The second-order valence-corrected chi connectivity index (χ2v) is 5.05. The predicted octanol–water partition coefficient (Wildman–Crippen LogP) is 1.45. The standard InChI is InChI=1S/C14H18N2O5/c1-21-12-6-2-5-11(16(19)20)13(12)14(18)15-7-3-4-10(8-15)9-17/h2,5-6,10,17H,3-4,7-9H2,1H3. The second-order valence-electron chi connectivity index (χ2n) is 5.05. The Bertz CT molecular complexity index is 546. The predicted molar refractivity (Wildman–Crippen MR) is 75.4 cm³/mol. The molecule has 1 saturated heterocycles. The zero-order chi connectivity index (χ0) is 15.4. The van der Waals surface area contributed by atoms with Crippen LogP contribution in [0, 0.1) is 16.0 Å². The Kier molecular flexibility index (Phi) is 4.74. The third kappa shape index (κ3) is 3.13. The Morgan fingerprint density at radius 1 is 1.57 bits per heavy atom. The number of carbonyl (C=O) groups is 1. The number of ether oxygens (including phenoxy) is 1. The van der Waals surface area contributed by atoms with Crippen LogP contribution < -0.4 is 4.74 Å². The molecule has 1 unspecified atom stereocenters. The number of nitrogens with zero attached hydrogens (tertiary/aromatic N) is 2. The summed E-state index contributed by atoms with van der Waals surface area (Å²) in [6.07, 6.45) is 1.63. The Morgan fingerprint density at radius 3 is 2.95 bits per heavy atom. The first kappa shape index (κ1) is 15.2. The summed E-state index contributed by atoms with van der Waals surface area (Å²) in [5.41, 5.74) is -0.283. The highest BCUT2D eigenvalue weighted by Crippen LogP contribution is 2.30. The van der Waals surface area contributed by atoms with Crippen LogP contribution in [0.15, 0.2) is 18.2 Å². The van der Waals surface area contributed by atoms with E-state index < -0.39 is 10.8 Å². The molecule has 0 radical (unpaired) electrons. The molecule has 1 aliphatic heterocycles. The molecule has 0 saturated carbocycles. The number of methoxy groups -OCH3 is 1. The summed E-state index contributed by atoms with van der Waals surface area (Å²) < 4.78 is 5.10. The van der Waals surface area contributed by atoms with E-state index in [2.05, 4.69) is 0 Å². The van der Waals surface area contributed by atoms with Gasteiger partial charge in [0.1, 0.15) is 5.75 Å². The van der Waals surface area contributed by atoms with E-state index in [0.29, 0.717) is 13.1 Å². The summed E-state index contributed by atoms with van der Waals surface area (Å²) in [7, 11) is 1.38. The molecule has 114 valence electrons. The van der Waals surface area contributed by atoms with Crippen LogP contribution in [0.3, 0.4) is 0 Å². The average Bonchev–Trinajstić information content (AvgIpc) is 2.53. The minimum Gasteiger partial charge on any atom is -0.496 e. The number of hydrogen-bond donors (Lipinski definition) is 1. The zero-order valence-corrected chi connectivity index (χ0v) is 11.8. The summed E-state index contributed by atoms with van der Waals surface area (Å²) in [6.45, 7) is 0.951. The third-order valence-corrected chi connectivity index (χ3v) is 3.70. The van der Waals surface area contributed by atoms with Gasteiger partial charge in [0, 0.05) is 25.8 Å². The molecule has 1 heterocycles. The fourth-order valence-electron chi connectivity index (χ4n) is 2.61. The lowest BCUT2D eigenvalue weighted by Gasteiger charge is -2.32. The summed E-state index contributed by atoms with van der Waals surface area (Å²) in [6, 6.07) is 4.32. The smallest absolute Gasteiger partial charge is 0.285 e. The maximum atomic E-state index is 12.6.